The monoisotopic (exact) mass is 230 g/mol. The van der Waals surface area contributed by atoms with E-state index in [-0.39, 0.29) is 0 Å². The molecule has 0 saturated carbocycles. The van der Waals surface area contributed by atoms with Crippen LogP contribution in [0, 0.1) is 0 Å². The fraction of sp³-hybridized carbons (Fsp3) is 0.154. The van der Waals surface area contributed by atoms with Crippen LogP contribution >= 0.6 is 0 Å². The first-order valence-corrected chi connectivity index (χ1v) is 5.32. The molecule has 0 aliphatic heterocycles. The van der Waals surface area contributed by atoms with Crippen molar-refractivity contribution in [1.29, 1.82) is 0 Å². The predicted octanol–water partition coefficient (Wildman–Crippen LogP) is 1.25. The van der Waals surface area contributed by atoms with Crippen LogP contribution in [0.5, 0.6) is 0 Å². The topological polar surface area (TPSA) is 89.3 Å². The molecule has 5 N–H and O–H groups in total. The van der Waals surface area contributed by atoms with E-state index >= 15 is 0 Å². The summed E-state index contributed by atoms with van der Waals surface area (Å²) >= 11 is 0. The van der Waals surface area contributed by atoms with Gasteiger partial charge in [0, 0.05) is 0 Å². The largest absolute Gasteiger partial charge is 0.480 e. The molecule has 0 aromatic heterocycles. The lowest BCUT2D eigenvalue weighted by Crippen LogP contribution is -2.40. The average molecular weight is 230 g/mol. The van der Waals surface area contributed by atoms with Crippen molar-refractivity contribution in [3.05, 3.63) is 48.0 Å². The van der Waals surface area contributed by atoms with E-state index in [0.29, 0.717) is 0 Å². The van der Waals surface area contributed by atoms with Gasteiger partial charge in [0.2, 0.25) is 0 Å². The molecule has 0 bridgehead atoms. The van der Waals surface area contributed by atoms with Gasteiger partial charge < -0.3 is 16.6 Å². The van der Waals surface area contributed by atoms with E-state index in [2.05, 4.69) is 0 Å². The van der Waals surface area contributed by atoms with Gasteiger partial charge >= 0.3 is 5.97 Å². The molecular formula is C13H14N2O2. The Morgan fingerprint density at radius 1 is 1.06 bits per heavy atom. The summed E-state index contributed by atoms with van der Waals surface area (Å²) in [5.41, 5.74) is 12.1. The minimum Gasteiger partial charge on any atom is -0.480 e. The highest BCUT2D eigenvalue weighted by Crippen LogP contribution is 2.20. The van der Waals surface area contributed by atoms with Crippen LogP contribution in [-0.4, -0.2) is 17.1 Å². The van der Waals surface area contributed by atoms with E-state index in [4.69, 9.17) is 16.6 Å². The standard InChI is InChI=1S/C13H14N2O2/c14-11(12(15)13(16)17)10-6-5-8-3-1-2-4-9(8)7-10/h1-7,11-12H,14-15H2,(H,16,17)/t11-,12+/m1/s1. The molecule has 2 aromatic carbocycles. The van der Waals surface area contributed by atoms with Gasteiger partial charge in [-0.3, -0.25) is 4.79 Å². The number of hydrogen-bond donors (Lipinski definition) is 3. The normalized spacial score (nSPS) is 14.5. The Labute approximate surface area is 98.8 Å². The highest BCUT2D eigenvalue weighted by Gasteiger charge is 2.21. The Morgan fingerprint density at radius 2 is 1.71 bits per heavy atom. The van der Waals surface area contributed by atoms with Crippen molar-refractivity contribution in [2.75, 3.05) is 0 Å². The zero-order chi connectivity index (χ0) is 12.4. The summed E-state index contributed by atoms with van der Waals surface area (Å²) in [7, 11) is 0. The number of aliphatic carboxylic acids is 1. The molecule has 4 heteroatoms. The third-order valence-electron chi connectivity index (χ3n) is 2.83. The number of carbonyl (C=O) groups is 1. The smallest absolute Gasteiger partial charge is 0.322 e. The van der Waals surface area contributed by atoms with Crippen LogP contribution in [0.25, 0.3) is 10.8 Å². The first-order valence-electron chi connectivity index (χ1n) is 5.32. The molecule has 0 radical (unpaired) electrons. The van der Waals surface area contributed by atoms with Gasteiger partial charge in [-0.25, -0.2) is 0 Å². The highest BCUT2D eigenvalue weighted by molar-refractivity contribution is 5.83. The minimum absolute atomic E-state index is 0.697. The van der Waals surface area contributed by atoms with Gasteiger partial charge in [0.1, 0.15) is 6.04 Å². The summed E-state index contributed by atoms with van der Waals surface area (Å²) in [6.45, 7) is 0. The molecule has 0 heterocycles. The van der Waals surface area contributed by atoms with E-state index in [1.165, 1.54) is 0 Å². The van der Waals surface area contributed by atoms with Crippen LogP contribution < -0.4 is 11.5 Å². The van der Waals surface area contributed by atoms with Gasteiger partial charge in [0.15, 0.2) is 0 Å². The molecule has 0 aliphatic rings. The summed E-state index contributed by atoms with van der Waals surface area (Å²) in [6, 6.07) is 11.6. The molecule has 2 atom stereocenters. The third-order valence-corrected chi connectivity index (χ3v) is 2.83. The maximum Gasteiger partial charge on any atom is 0.322 e. The van der Waals surface area contributed by atoms with Crippen molar-refractivity contribution >= 4 is 16.7 Å². The van der Waals surface area contributed by atoms with Crippen LogP contribution in [0.15, 0.2) is 42.5 Å². The van der Waals surface area contributed by atoms with Crippen molar-refractivity contribution in [3.8, 4) is 0 Å². The number of fused-ring (bicyclic) bond motifs is 1. The molecule has 17 heavy (non-hydrogen) atoms. The lowest BCUT2D eigenvalue weighted by molar-refractivity contribution is -0.139. The Morgan fingerprint density at radius 3 is 2.35 bits per heavy atom. The summed E-state index contributed by atoms with van der Waals surface area (Å²) in [5, 5.41) is 10.9. The summed E-state index contributed by atoms with van der Waals surface area (Å²) in [5.74, 6) is -1.09. The average Bonchev–Trinajstić information content (AvgIpc) is 2.36. The van der Waals surface area contributed by atoms with E-state index in [9.17, 15) is 4.79 Å². The second-order valence-corrected chi connectivity index (χ2v) is 4.00. The summed E-state index contributed by atoms with van der Waals surface area (Å²) in [4.78, 5) is 10.8. The highest BCUT2D eigenvalue weighted by atomic mass is 16.4. The molecule has 0 amide bonds. The van der Waals surface area contributed by atoms with Gasteiger partial charge in [0.05, 0.1) is 6.04 Å². The predicted molar refractivity (Wildman–Crippen MR) is 66.5 cm³/mol. The van der Waals surface area contributed by atoms with Crippen molar-refractivity contribution in [2.24, 2.45) is 11.5 Å². The van der Waals surface area contributed by atoms with Crippen LogP contribution in [0.1, 0.15) is 11.6 Å². The van der Waals surface area contributed by atoms with Crippen molar-refractivity contribution in [1.82, 2.24) is 0 Å². The third kappa shape index (κ3) is 2.27. The van der Waals surface area contributed by atoms with Crippen LogP contribution in [-0.2, 0) is 4.79 Å². The summed E-state index contributed by atoms with van der Waals surface area (Å²) < 4.78 is 0. The van der Waals surface area contributed by atoms with Gasteiger partial charge in [-0.1, -0.05) is 36.4 Å². The van der Waals surface area contributed by atoms with Crippen molar-refractivity contribution < 1.29 is 9.90 Å². The summed E-state index contributed by atoms with van der Waals surface area (Å²) in [6.07, 6.45) is 0. The second kappa shape index (κ2) is 4.53. The SMILES string of the molecule is N[C@H](C(=O)O)[C@H](N)c1ccc2ccccc2c1. The number of nitrogens with two attached hydrogens (primary N) is 2. The van der Waals surface area contributed by atoms with Crippen molar-refractivity contribution in [2.45, 2.75) is 12.1 Å². The molecule has 0 aliphatic carbocycles. The maximum atomic E-state index is 10.8. The van der Waals surface area contributed by atoms with Gasteiger partial charge in [-0.2, -0.15) is 0 Å². The van der Waals surface area contributed by atoms with E-state index in [0.717, 1.165) is 16.3 Å². The van der Waals surface area contributed by atoms with Crippen LogP contribution in [0.3, 0.4) is 0 Å². The molecule has 0 unspecified atom stereocenters. The van der Waals surface area contributed by atoms with E-state index in [1.54, 1.807) is 0 Å². The molecule has 88 valence electrons. The van der Waals surface area contributed by atoms with Gasteiger partial charge in [0.25, 0.3) is 0 Å². The lowest BCUT2D eigenvalue weighted by Gasteiger charge is -2.16. The minimum atomic E-state index is -1.09. The number of rotatable bonds is 3. The quantitative estimate of drug-likeness (QED) is 0.740. The number of carboxylic acid groups (broad SMARTS) is 1. The molecule has 0 fully saturated rings. The number of hydrogen-bond acceptors (Lipinski definition) is 3. The zero-order valence-corrected chi connectivity index (χ0v) is 9.21. The number of benzene rings is 2. The van der Waals surface area contributed by atoms with Crippen LogP contribution in [0.4, 0.5) is 0 Å². The first kappa shape index (κ1) is 11.6. The van der Waals surface area contributed by atoms with E-state index in [1.807, 2.05) is 42.5 Å². The Hall–Kier alpha value is -1.91. The van der Waals surface area contributed by atoms with Crippen LogP contribution in [0.2, 0.25) is 0 Å². The lowest BCUT2D eigenvalue weighted by atomic mass is 9.98. The second-order valence-electron chi connectivity index (χ2n) is 4.00. The fourth-order valence-corrected chi connectivity index (χ4v) is 1.78. The fourth-order valence-electron chi connectivity index (χ4n) is 1.78. The van der Waals surface area contributed by atoms with Gasteiger partial charge in [-0.15, -0.1) is 0 Å². The zero-order valence-electron chi connectivity index (χ0n) is 9.21. The number of carboxylic acids is 1. The molecule has 0 spiro atoms. The molecular weight excluding hydrogens is 216 g/mol. The molecule has 2 rings (SSSR count). The van der Waals surface area contributed by atoms with Gasteiger partial charge in [-0.05, 0) is 22.4 Å². The Bertz CT molecular complexity index is 554. The molecule has 2 aromatic rings. The van der Waals surface area contributed by atoms with Crippen molar-refractivity contribution in [3.63, 3.8) is 0 Å². The first-order chi connectivity index (χ1) is 8.09. The Kier molecular flexibility index (Phi) is 3.08. The Balaban J connectivity index is 2.39. The molecule has 0 saturated heterocycles. The molecule has 4 nitrogen and oxygen atoms in total. The maximum absolute atomic E-state index is 10.8. The van der Waals surface area contributed by atoms with E-state index < -0.39 is 18.1 Å².